The van der Waals surface area contributed by atoms with E-state index in [0.717, 1.165) is 21.9 Å². The molecule has 0 spiro atoms. The molecule has 2 rings (SSSR count). The smallest absolute Gasteiger partial charge is 0.177 e. The first kappa shape index (κ1) is 9.09. The number of nitrogens with two attached hydrogens (primary N) is 1. The van der Waals surface area contributed by atoms with Gasteiger partial charge in [-0.05, 0) is 25.2 Å². The highest BCUT2D eigenvalue weighted by Crippen LogP contribution is 2.39. The van der Waals surface area contributed by atoms with Crippen LogP contribution in [0.2, 0.25) is 0 Å². The molecule has 1 aromatic rings. The minimum Gasteiger partial charge on any atom is -0.397 e. The Morgan fingerprint density at radius 1 is 1.69 bits per heavy atom. The summed E-state index contributed by atoms with van der Waals surface area (Å²) in [7, 11) is 0. The molecule has 0 aliphatic heterocycles. The molecule has 0 radical (unpaired) electrons. The molecular formula is C9H11NOS2. The summed E-state index contributed by atoms with van der Waals surface area (Å²) in [6, 6.07) is 1.89. The van der Waals surface area contributed by atoms with Crippen LogP contribution in [0.5, 0.6) is 0 Å². The predicted molar refractivity (Wildman–Crippen MR) is 57.6 cm³/mol. The van der Waals surface area contributed by atoms with Crippen molar-refractivity contribution in [2.24, 2.45) is 5.92 Å². The monoisotopic (exact) mass is 213 g/mol. The quantitative estimate of drug-likeness (QED) is 0.620. The van der Waals surface area contributed by atoms with Crippen LogP contribution >= 0.6 is 23.1 Å². The summed E-state index contributed by atoms with van der Waals surface area (Å²) in [4.78, 5) is 12.4. The van der Waals surface area contributed by atoms with E-state index in [1.807, 2.05) is 12.3 Å². The number of ketones is 1. The number of hydrogen-bond acceptors (Lipinski definition) is 4. The number of thiophene rings is 1. The first-order valence-electron chi connectivity index (χ1n) is 4.20. The average molecular weight is 213 g/mol. The van der Waals surface area contributed by atoms with Crippen LogP contribution in [0.25, 0.3) is 0 Å². The van der Waals surface area contributed by atoms with Gasteiger partial charge < -0.3 is 5.73 Å². The molecule has 1 fully saturated rings. The molecule has 0 unspecified atom stereocenters. The van der Waals surface area contributed by atoms with Gasteiger partial charge in [0.1, 0.15) is 0 Å². The Morgan fingerprint density at radius 2 is 2.38 bits per heavy atom. The summed E-state index contributed by atoms with van der Waals surface area (Å²) < 4.78 is 1.13. The van der Waals surface area contributed by atoms with E-state index < -0.39 is 0 Å². The van der Waals surface area contributed by atoms with Gasteiger partial charge in [0.15, 0.2) is 5.78 Å². The Balaban J connectivity index is 2.27. The second-order valence-corrected chi connectivity index (χ2v) is 5.35. The molecule has 1 heterocycles. The van der Waals surface area contributed by atoms with E-state index in [4.69, 9.17) is 5.73 Å². The molecule has 0 atom stereocenters. The first-order chi connectivity index (χ1) is 6.22. The molecule has 13 heavy (non-hydrogen) atoms. The number of anilines is 1. The first-order valence-corrected chi connectivity index (χ1v) is 6.24. The van der Waals surface area contributed by atoms with Gasteiger partial charge in [-0.2, -0.15) is 0 Å². The highest BCUT2D eigenvalue weighted by atomic mass is 32.2. The average Bonchev–Trinajstić information content (AvgIpc) is 2.89. The van der Waals surface area contributed by atoms with Crippen LogP contribution in [-0.4, -0.2) is 12.0 Å². The lowest BCUT2D eigenvalue weighted by Crippen LogP contribution is -2.01. The molecule has 1 aliphatic rings. The third-order valence-electron chi connectivity index (χ3n) is 2.11. The van der Waals surface area contributed by atoms with Gasteiger partial charge in [0, 0.05) is 5.92 Å². The molecule has 2 N–H and O–H groups in total. The normalized spacial score (nSPS) is 16.1. The summed E-state index contributed by atoms with van der Waals surface area (Å²) in [5.41, 5.74) is 6.42. The summed E-state index contributed by atoms with van der Waals surface area (Å²) in [6.07, 6.45) is 4.09. The number of thioether (sulfide) groups is 1. The largest absolute Gasteiger partial charge is 0.397 e. The van der Waals surface area contributed by atoms with Gasteiger partial charge in [0.25, 0.3) is 0 Å². The van der Waals surface area contributed by atoms with Gasteiger partial charge in [0.2, 0.25) is 0 Å². The standard InChI is InChI=1S/C9H11NOS2/c1-12-7-4-6(10)9(13-7)8(11)5-2-3-5/h4-5H,2-3,10H2,1H3. The van der Waals surface area contributed by atoms with Gasteiger partial charge in [-0.15, -0.1) is 23.1 Å². The summed E-state index contributed by atoms with van der Waals surface area (Å²) in [5, 5.41) is 0. The fourth-order valence-electron chi connectivity index (χ4n) is 1.21. The zero-order valence-corrected chi connectivity index (χ0v) is 9.00. The maximum Gasteiger partial charge on any atom is 0.177 e. The lowest BCUT2D eigenvalue weighted by atomic mass is 10.2. The summed E-state index contributed by atoms with van der Waals surface area (Å²) in [6.45, 7) is 0. The zero-order chi connectivity index (χ0) is 9.42. The lowest BCUT2D eigenvalue weighted by molar-refractivity contribution is 0.0972. The molecule has 0 amide bonds. The topological polar surface area (TPSA) is 43.1 Å². The maximum atomic E-state index is 11.7. The molecule has 0 saturated heterocycles. The number of nitrogen functional groups attached to an aromatic ring is 1. The molecule has 0 aromatic carbocycles. The number of carbonyl (C=O) groups excluding carboxylic acids is 1. The Hall–Kier alpha value is -0.480. The van der Waals surface area contributed by atoms with Gasteiger partial charge in [-0.3, -0.25) is 4.79 Å². The van der Waals surface area contributed by atoms with Crippen molar-refractivity contribution >= 4 is 34.6 Å². The van der Waals surface area contributed by atoms with Crippen molar-refractivity contribution in [3.05, 3.63) is 10.9 Å². The fourth-order valence-corrected chi connectivity index (χ4v) is 2.86. The van der Waals surface area contributed by atoms with Crippen LogP contribution in [0.3, 0.4) is 0 Å². The highest BCUT2D eigenvalue weighted by Gasteiger charge is 2.32. The van der Waals surface area contributed by atoms with Crippen LogP contribution in [0.1, 0.15) is 22.5 Å². The van der Waals surface area contributed by atoms with E-state index in [2.05, 4.69) is 0 Å². The van der Waals surface area contributed by atoms with Crippen molar-refractivity contribution < 1.29 is 4.79 Å². The van der Waals surface area contributed by atoms with Gasteiger partial charge >= 0.3 is 0 Å². The Labute approximate surface area is 85.5 Å². The molecule has 0 bridgehead atoms. The summed E-state index contributed by atoms with van der Waals surface area (Å²) >= 11 is 3.16. The Kier molecular flexibility index (Phi) is 2.34. The van der Waals surface area contributed by atoms with Crippen molar-refractivity contribution in [1.29, 1.82) is 0 Å². The molecule has 1 saturated carbocycles. The Morgan fingerprint density at radius 3 is 2.85 bits per heavy atom. The van der Waals surface area contributed by atoms with Gasteiger partial charge in [-0.1, -0.05) is 0 Å². The number of rotatable bonds is 3. The molecular weight excluding hydrogens is 202 g/mol. The van der Waals surface area contributed by atoms with Crippen LogP contribution in [0.4, 0.5) is 5.69 Å². The van der Waals surface area contributed by atoms with Crippen LogP contribution in [0, 0.1) is 5.92 Å². The van der Waals surface area contributed by atoms with E-state index >= 15 is 0 Å². The minimum atomic E-state index is 0.253. The zero-order valence-electron chi connectivity index (χ0n) is 7.37. The minimum absolute atomic E-state index is 0.253. The Bertz CT molecular complexity index is 341. The van der Waals surface area contributed by atoms with Gasteiger partial charge in [-0.25, -0.2) is 0 Å². The van der Waals surface area contributed by atoms with Crippen molar-refractivity contribution in [2.45, 2.75) is 17.1 Å². The SMILES string of the molecule is CSc1cc(N)c(C(=O)C2CC2)s1. The molecule has 1 aliphatic carbocycles. The third kappa shape index (κ3) is 1.74. The predicted octanol–water partition coefficient (Wildman–Crippen LogP) is 2.64. The second-order valence-electron chi connectivity index (χ2n) is 3.19. The van der Waals surface area contributed by atoms with Crippen molar-refractivity contribution in [3.63, 3.8) is 0 Å². The van der Waals surface area contributed by atoms with Crippen LogP contribution in [0.15, 0.2) is 10.3 Å². The van der Waals surface area contributed by atoms with Crippen LogP contribution < -0.4 is 5.73 Å². The fraction of sp³-hybridized carbons (Fsp3) is 0.444. The van der Waals surface area contributed by atoms with Gasteiger partial charge in [0.05, 0.1) is 14.8 Å². The third-order valence-corrected chi connectivity index (χ3v) is 4.34. The highest BCUT2D eigenvalue weighted by molar-refractivity contribution is 8.00. The van der Waals surface area contributed by atoms with E-state index in [0.29, 0.717) is 5.69 Å². The van der Waals surface area contributed by atoms with E-state index in [-0.39, 0.29) is 11.7 Å². The second kappa shape index (κ2) is 3.35. The van der Waals surface area contributed by atoms with E-state index in [1.165, 1.54) is 11.3 Å². The van der Waals surface area contributed by atoms with Crippen LogP contribution in [-0.2, 0) is 0 Å². The number of Topliss-reactive ketones (excluding diaryl/α,β-unsaturated/α-hetero) is 1. The maximum absolute atomic E-state index is 11.7. The van der Waals surface area contributed by atoms with E-state index in [9.17, 15) is 4.79 Å². The van der Waals surface area contributed by atoms with Crippen molar-refractivity contribution in [3.8, 4) is 0 Å². The lowest BCUT2D eigenvalue weighted by Gasteiger charge is -1.94. The number of hydrogen-bond donors (Lipinski definition) is 1. The van der Waals surface area contributed by atoms with Crippen molar-refractivity contribution in [2.75, 3.05) is 12.0 Å². The molecule has 70 valence electrons. The molecule has 4 heteroatoms. The number of carbonyl (C=O) groups is 1. The van der Waals surface area contributed by atoms with E-state index in [1.54, 1.807) is 11.8 Å². The molecule has 2 nitrogen and oxygen atoms in total. The molecule has 1 aromatic heterocycles. The van der Waals surface area contributed by atoms with Crippen molar-refractivity contribution in [1.82, 2.24) is 0 Å². The summed E-state index contributed by atoms with van der Waals surface area (Å²) in [5.74, 6) is 0.526.